The predicted molar refractivity (Wildman–Crippen MR) is 88.8 cm³/mol. The first-order valence-corrected chi connectivity index (χ1v) is 8.67. The summed E-state index contributed by atoms with van der Waals surface area (Å²) >= 11 is 0. The van der Waals surface area contributed by atoms with E-state index in [-0.39, 0.29) is 5.91 Å². The van der Waals surface area contributed by atoms with Crippen LogP contribution in [0.4, 0.5) is 0 Å². The van der Waals surface area contributed by atoms with Crippen LogP contribution >= 0.6 is 0 Å². The van der Waals surface area contributed by atoms with Gasteiger partial charge < -0.3 is 10.2 Å². The summed E-state index contributed by atoms with van der Waals surface area (Å²) in [6.45, 7) is 2.87. The van der Waals surface area contributed by atoms with Crippen molar-refractivity contribution in [2.24, 2.45) is 5.92 Å². The second-order valence-electron chi connectivity index (χ2n) is 6.63. The molecule has 0 radical (unpaired) electrons. The topological polar surface area (TPSA) is 75.9 Å². The molecule has 0 bridgehead atoms. The number of nitrogens with one attached hydrogen (secondary N) is 1. The second kappa shape index (κ2) is 6.68. The molecular weight excluding hydrogens is 304 g/mol. The molecule has 7 nitrogen and oxygen atoms in total. The maximum Gasteiger partial charge on any atom is 0.253 e. The van der Waals surface area contributed by atoms with E-state index in [1.165, 1.54) is 12.8 Å². The maximum absolute atomic E-state index is 12.7. The first-order chi connectivity index (χ1) is 11.8. The van der Waals surface area contributed by atoms with Gasteiger partial charge in [0.1, 0.15) is 6.33 Å². The average Bonchev–Trinajstić information content (AvgIpc) is 3.35. The molecule has 4 rings (SSSR count). The molecule has 1 amide bonds. The molecule has 3 heterocycles. The van der Waals surface area contributed by atoms with E-state index >= 15 is 0 Å². The summed E-state index contributed by atoms with van der Waals surface area (Å²) < 4.78 is 1.58. The van der Waals surface area contributed by atoms with Gasteiger partial charge in [0.25, 0.3) is 5.91 Å². The molecule has 1 atom stereocenters. The predicted octanol–water partition coefficient (Wildman–Crippen LogP) is 1.27. The molecule has 2 saturated heterocycles. The molecule has 0 saturated carbocycles. The minimum atomic E-state index is 0.121. The fourth-order valence-corrected chi connectivity index (χ4v) is 3.84. The van der Waals surface area contributed by atoms with Crippen molar-refractivity contribution in [2.75, 3.05) is 19.6 Å². The zero-order valence-electron chi connectivity index (χ0n) is 13.6. The zero-order valence-corrected chi connectivity index (χ0v) is 13.6. The van der Waals surface area contributed by atoms with Crippen LogP contribution in [0, 0.1) is 5.92 Å². The van der Waals surface area contributed by atoms with E-state index in [9.17, 15) is 4.79 Å². The van der Waals surface area contributed by atoms with Gasteiger partial charge in [0.15, 0.2) is 0 Å². The van der Waals surface area contributed by atoms with Gasteiger partial charge in [-0.25, -0.2) is 4.68 Å². The minimum Gasteiger partial charge on any atom is -0.339 e. The number of aromatic nitrogens is 4. The lowest BCUT2D eigenvalue weighted by molar-refractivity contribution is 0.0674. The summed E-state index contributed by atoms with van der Waals surface area (Å²) in [4.78, 5) is 14.7. The summed E-state index contributed by atoms with van der Waals surface area (Å²) in [6.07, 6.45) is 6.32. The lowest BCUT2D eigenvalue weighted by Gasteiger charge is -2.35. The maximum atomic E-state index is 12.7. The average molecular weight is 326 g/mol. The number of tetrazole rings is 1. The summed E-state index contributed by atoms with van der Waals surface area (Å²) in [6, 6.07) is 8.11. The molecule has 2 aliphatic heterocycles. The molecule has 1 aromatic carbocycles. The number of benzene rings is 1. The van der Waals surface area contributed by atoms with Crippen molar-refractivity contribution in [1.82, 2.24) is 30.4 Å². The van der Waals surface area contributed by atoms with Crippen LogP contribution in [0.5, 0.6) is 0 Å². The van der Waals surface area contributed by atoms with Crippen molar-refractivity contribution >= 4 is 5.91 Å². The largest absolute Gasteiger partial charge is 0.339 e. The van der Waals surface area contributed by atoms with Crippen LogP contribution in [0.3, 0.4) is 0 Å². The van der Waals surface area contributed by atoms with Crippen LogP contribution in [-0.4, -0.2) is 56.7 Å². The number of hydrogen-bond donors (Lipinski definition) is 1. The number of carbonyl (C=O) groups is 1. The SMILES string of the molecule is O=C(c1ccc(-n2cnnn2)cc1)N1CCC(C2CCCN2)CC1. The number of hydrogen-bond acceptors (Lipinski definition) is 5. The first-order valence-electron chi connectivity index (χ1n) is 8.67. The van der Waals surface area contributed by atoms with Gasteiger partial charge in [-0.2, -0.15) is 0 Å². The Hall–Kier alpha value is -2.28. The summed E-state index contributed by atoms with van der Waals surface area (Å²) in [5.41, 5.74) is 1.58. The Bertz CT molecular complexity index is 670. The molecule has 1 unspecified atom stereocenters. The fourth-order valence-electron chi connectivity index (χ4n) is 3.84. The van der Waals surface area contributed by atoms with Gasteiger partial charge in [-0.05, 0) is 72.8 Å². The van der Waals surface area contributed by atoms with Crippen LogP contribution in [-0.2, 0) is 0 Å². The molecule has 0 spiro atoms. The summed E-state index contributed by atoms with van der Waals surface area (Å²) in [5.74, 6) is 0.842. The van der Waals surface area contributed by atoms with Gasteiger partial charge in [0.2, 0.25) is 0 Å². The molecule has 7 heteroatoms. The van der Waals surface area contributed by atoms with Gasteiger partial charge in [-0.3, -0.25) is 4.79 Å². The van der Waals surface area contributed by atoms with Gasteiger partial charge in [-0.1, -0.05) is 0 Å². The van der Waals surface area contributed by atoms with Crippen LogP contribution in [0.15, 0.2) is 30.6 Å². The quantitative estimate of drug-likeness (QED) is 0.919. The van der Waals surface area contributed by atoms with E-state index in [2.05, 4.69) is 20.8 Å². The highest BCUT2D eigenvalue weighted by Gasteiger charge is 2.30. The second-order valence-corrected chi connectivity index (χ2v) is 6.63. The van der Waals surface area contributed by atoms with Crippen molar-refractivity contribution in [3.8, 4) is 5.69 Å². The van der Waals surface area contributed by atoms with Crippen molar-refractivity contribution in [2.45, 2.75) is 31.7 Å². The van der Waals surface area contributed by atoms with E-state index in [0.29, 0.717) is 6.04 Å². The molecule has 24 heavy (non-hydrogen) atoms. The third kappa shape index (κ3) is 3.03. The number of amides is 1. The van der Waals surface area contributed by atoms with E-state index in [4.69, 9.17) is 0 Å². The Labute approximate surface area is 141 Å². The van der Waals surface area contributed by atoms with Crippen LogP contribution in [0.1, 0.15) is 36.0 Å². The lowest BCUT2D eigenvalue weighted by atomic mass is 9.88. The highest BCUT2D eigenvalue weighted by Crippen LogP contribution is 2.26. The monoisotopic (exact) mass is 326 g/mol. The van der Waals surface area contributed by atoms with Gasteiger partial charge in [0, 0.05) is 24.7 Å². The Morgan fingerprint density at radius 3 is 2.54 bits per heavy atom. The molecule has 1 aromatic heterocycles. The van der Waals surface area contributed by atoms with Crippen molar-refractivity contribution in [3.05, 3.63) is 36.2 Å². The number of likely N-dealkylation sites (tertiary alicyclic amines) is 1. The van der Waals surface area contributed by atoms with Crippen LogP contribution in [0.2, 0.25) is 0 Å². The Morgan fingerprint density at radius 2 is 1.92 bits per heavy atom. The first kappa shape index (κ1) is 15.3. The van der Waals surface area contributed by atoms with Crippen molar-refractivity contribution in [1.29, 1.82) is 0 Å². The zero-order chi connectivity index (χ0) is 16.4. The number of carbonyl (C=O) groups excluding carboxylic acids is 1. The summed E-state index contributed by atoms with van der Waals surface area (Å²) in [7, 11) is 0. The van der Waals surface area contributed by atoms with E-state index < -0.39 is 0 Å². The highest BCUT2D eigenvalue weighted by molar-refractivity contribution is 5.94. The molecule has 2 aromatic rings. The van der Waals surface area contributed by atoms with Gasteiger partial charge >= 0.3 is 0 Å². The lowest BCUT2D eigenvalue weighted by Crippen LogP contribution is -2.43. The molecule has 0 aliphatic carbocycles. The van der Waals surface area contributed by atoms with Crippen LogP contribution < -0.4 is 5.32 Å². The molecule has 2 aliphatic rings. The minimum absolute atomic E-state index is 0.121. The summed E-state index contributed by atoms with van der Waals surface area (Å²) in [5, 5.41) is 14.7. The molecule has 2 fully saturated rings. The Balaban J connectivity index is 1.37. The van der Waals surface area contributed by atoms with E-state index in [1.807, 2.05) is 29.2 Å². The van der Waals surface area contributed by atoms with Crippen molar-refractivity contribution in [3.63, 3.8) is 0 Å². The van der Waals surface area contributed by atoms with E-state index in [0.717, 1.165) is 49.6 Å². The van der Waals surface area contributed by atoms with Crippen molar-refractivity contribution < 1.29 is 4.79 Å². The number of piperidine rings is 1. The van der Waals surface area contributed by atoms with Gasteiger partial charge in [0.05, 0.1) is 5.69 Å². The van der Waals surface area contributed by atoms with E-state index in [1.54, 1.807) is 11.0 Å². The molecule has 1 N–H and O–H groups in total. The Kier molecular flexibility index (Phi) is 4.25. The number of nitrogens with zero attached hydrogens (tertiary/aromatic N) is 5. The highest BCUT2D eigenvalue weighted by atomic mass is 16.2. The number of rotatable bonds is 3. The third-order valence-electron chi connectivity index (χ3n) is 5.22. The third-order valence-corrected chi connectivity index (χ3v) is 5.22. The smallest absolute Gasteiger partial charge is 0.253 e. The Morgan fingerprint density at radius 1 is 1.12 bits per heavy atom. The van der Waals surface area contributed by atoms with Gasteiger partial charge in [-0.15, -0.1) is 5.10 Å². The fraction of sp³-hybridized carbons (Fsp3) is 0.529. The van der Waals surface area contributed by atoms with Crippen LogP contribution in [0.25, 0.3) is 5.69 Å². The normalized spacial score (nSPS) is 22.0. The molecular formula is C17H22N6O. The standard InChI is InChI=1S/C17H22N6O/c24-17(14-3-5-15(6-4-14)23-12-19-20-21-23)22-10-7-13(8-11-22)16-2-1-9-18-16/h3-6,12-13,16,18H,1-2,7-11H2. The molecule has 126 valence electrons.